The highest BCUT2D eigenvalue weighted by Gasteiger charge is 2.63. The van der Waals surface area contributed by atoms with Gasteiger partial charge < -0.3 is 0 Å². The molecule has 0 amide bonds. The molecule has 0 aliphatic heterocycles. The van der Waals surface area contributed by atoms with Crippen molar-refractivity contribution in [2.45, 2.75) is 44.7 Å². The van der Waals surface area contributed by atoms with Crippen LogP contribution in [-0.4, -0.2) is 17.9 Å². The van der Waals surface area contributed by atoms with E-state index < -0.39 is 23.4 Å². The zero-order valence-electron chi connectivity index (χ0n) is 10.9. The van der Waals surface area contributed by atoms with E-state index in [0.29, 0.717) is 6.42 Å². The van der Waals surface area contributed by atoms with Crippen molar-refractivity contribution in [3.8, 4) is 0 Å². The van der Waals surface area contributed by atoms with Crippen LogP contribution in [0.3, 0.4) is 0 Å². The molecule has 112 valence electrons. The quantitative estimate of drug-likeness (QED) is 0.418. The summed E-state index contributed by atoms with van der Waals surface area (Å²) in [5.74, 6) is -7.57. The second-order valence-electron chi connectivity index (χ2n) is 4.56. The average molecular weight is 294 g/mol. The van der Waals surface area contributed by atoms with Crippen molar-refractivity contribution < 1.29 is 26.7 Å². The van der Waals surface area contributed by atoms with Crippen molar-refractivity contribution in [2.24, 2.45) is 0 Å². The molecular formula is C14H15F5O. The first-order valence-corrected chi connectivity index (χ1v) is 6.28. The number of carbonyl (C=O) groups excluding carboxylic acids is 1. The zero-order chi connectivity index (χ0) is 15.4. The molecule has 0 saturated carbocycles. The first-order valence-electron chi connectivity index (χ1n) is 6.28. The van der Waals surface area contributed by atoms with Crippen LogP contribution < -0.4 is 0 Å². The van der Waals surface area contributed by atoms with Gasteiger partial charge in [-0.15, -0.1) is 0 Å². The van der Waals surface area contributed by atoms with Gasteiger partial charge in [-0.1, -0.05) is 44.0 Å². The molecule has 0 bridgehead atoms. The van der Waals surface area contributed by atoms with Crippen LogP contribution in [0.5, 0.6) is 0 Å². The number of hydrogen-bond donors (Lipinski definition) is 0. The van der Waals surface area contributed by atoms with Crippen molar-refractivity contribution in [3.63, 3.8) is 0 Å². The first-order chi connectivity index (χ1) is 9.20. The third-order valence-corrected chi connectivity index (χ3v) is 2.93. The molecule has 0 spiro atoms. The fraction of sp³-hybridized carbons (Fsp3) is 0.500. The fourth-order valence-electron chi connectivity index (χ4n) is 1.71. The maximum atomic E-state index is 12.9. The Morgan fingerprint density at radius 3 is 2.00 bits per heavy atom. The molecule has 0 fully saturated rings. The van der Waals surface area contributed by atoms with Crippen molar-refractivity contribution in [2.75, 3.05) is 0 Å². The van der Waals surface area contributed by atoms with Crippen LogP contribution in [0.4, 0.5) is 22.0 Å². The predicted molar refractivity (Wildman–Crippen MR) is 65.0 cm³/mol. The zero-order valence-corrected chi connectivity index (χ0v) is 10.9. The maximum Gasteiger partial charge on any atom is 0.461 e. The second kappa shape index (κ2) is 6.33. The van der Waals surface area contributed by atoms with Crippen LogP contribution in [0.2, 0.25) is 0 Å². The lowest BCUT2D eigenvalue weighted by Gasteiger charge is -2.18. The van der Waals surface area contributed by atoms with Crippen molar-refractivity contribution >= 4 is 5.78 Å². The van der Waals surface area contributed by atoms with Gasteiger partial charge in [0.25, 0.3) is 0 Å². The van der Waals surface area contributed by atoms with E-state index in [2.05, 4.69) is 0 Å². The topological polar surface area (TPSA) is 17.1 Å². The number of alkyl halides is 5. The van der Waals surface area contributed by atoms with Gasteiger partial charge >= 0.3 is 12.1 Å². The highest BCUT2D eigenvalue weighted by molar-refractivity contribution is 6.01. The molecule has 20 heavy (non-hydrogen) atoms. The minimum absolute atomic E-state index is 0.633. The number of benzene rings is 1. The minimum atomic E-state index is -5.87. The largest absolute Gasteiger partial charge is 0.461 e. The van der Waals surface area contributed by atoms with E-state index in [9.17, 15) is 26.7 Å². The first kappa shape index (κ1) is 16.6. The second-order valence-corrected chi connectivity index (χ2v) is 4.56. The molecule has 0 N–H and O–H groups in total. The summed E-state index contributed by atoms with van der Waals surface area (Å²) in [7, 11) is 0. The van der Waals surface area contributed by atoms with E-state index in [0.717, 1.165) is 37.0 Å². The molecule has 0 unspecified atom stereocenters. The van der Waals surface area contributed by atoms with Crippen molar-refractivity contribution in [1.29, 1.82) is 0 Å². The van der Waals surface area contributed by atoms with Gasteiger partial charge in [-0.2, -0.15) is 22.0 Å². The lowest BCUT2D eigenvalue weighted by Crippen LogP contribution is -2.44. The summed E-state index contributed by atoms with van der Waals surface area (Å²) < 4.78 is 62.0. The summed E-state index contributed by atoms with van der Waals surface area (Å²) in [6.07, 6.45) is -2.23. The molecule has 0 saturated heterocycles. The molecule has 0 heterocycles. The molecule has 0 atom stereocenters. The van der Waals surface area contributed by atoms with Gasteiger partial charge in [-0.25, -0.2) is 0 Å². The van der Waals surface area contributed by atoms with Gasteiger partial charge in [0.15, 0.2) is 0 Å². The number of carbonyl (C=O) groups is 1. The summed E-state index contributed by atoms with van der Waals surface area (Å²) in [5.41, 5.74) is 0.178. The van der Waals surface area contributed by atoms with Crippen LogP contribution in [0.1, 0.15) is 42.1 Å². The van der Waals surface area contributed by atoms with E-state index in [4.69, 9.17) is 0 Å². The molecule has 1 aromatic carbocycles. The van der Waals surface area contributed by atoms with Gasteiger partial charge in [0.2, 0.25) is 5.78 Å². The number of rotatable bonds is 6. The van der Waals surface area contributed by atoms with Crippen LogP contribution in [0.25, 0.3) is 0 Å². The van der Waals surface area contributed by atoms with Crippen LogP contribution >= 0.6 is 0 Å². The molecule has 1 nitrogen and oxygen atoms in total. The monoisotopic (exact) mass is 294 g/mol. The standard InChI is InChI=1S/C14H15F5O/c1-2-3-4-5-10-6-8-11(9-7-10)12(20)13(15,16)14(17,18)19/h6-9H,2-5H2,1H3. The van der Waals surface area contributed by atoms with E-state index in [-0.39, 0.29) is 0 Å². The third kappa shape index (κ3) is 3.77. The normalized spacial score (nSPS) is 12.5. The molecule has 6 heteroatoms. The number of halogens is 5. The maximum absolute atomic E-state index is 12.9. The lowest BCUT2D eigenvalue weighted by molar-refractivity contribution is -0.255. The summed E-state index contributed by atoms with van der Waals surface area (Å²) in [4.78, 5) is 11.2. The molecule has 0 aliphatic carbocycles. The minimum Gasteiger partial charge on any atom is -0.287 e. The Bertz CT molecular complexity index is 448. The summed E-state index contributed by atoms with van der Waals surface area (Å²) in [5, 5.41) is 0. The summed E-state index contributed by atoms with van der Waals surface area (Å²) in [6.45, 7) is 2.03. The molecule has 1 rings (SSSR count). The van der Waals surface area contributed by atoms with Crippen LogP contribution in [0.15, 0.2) is 24.3 Å². The third-order valence-electron chi connectivity index (χ3n) is 2.93. The SMILES string of the molecule is CCCCCc1ccc(C(=O)C(F)(F)C(F)(F)F)cc1. The van der Waals surface area contributed by atoms with Gasteiger partial charge in [-0.05, 0) is 18.4 Å². The van der Waals surface area contributed by atoms with Gasteiger partial charge in [0.05, 0.1) is 0 Å². The fourth-order valence-corrected chi connectivity index (χ4v) is 1.71. The van der Waals surface area contributed by atoms with Crippen LogP contribution in [0, 0.1) is 0 Å². The molecular weight excluding hydrogens is 279 g/mol. The van der Waals surface area contributed by atoms with Crippen LogP contribution in [-0.2, 0) is 6.42 Å². The predicted octanol–water partition coefficient (Wildman–Crippen LogP) is 4.80. The number of Topliss-reactive ketones (excluding diaryl/α,β-unsaturated/α-hetero) is 1. The molecule has 1 aromatic rings. The van der Waals surface area contributed by atoms with Gasteiger partial charge in [0.1, 0.15) is 0 Å². The van der Waals surface area contributed by atoms with Crippen molar-refractivity contribution in [3.05, 3.63) is 35.4 Å². The Morgan fingerprint density at radius 1 is 1.00 bits per heavy atom. The lowest BCUT2D eigenvalue weighted by atomic mass is 10.0. The number of ketones is 1. The molecule has 0 radical (unpaired) electrons. The average Bonchev–Trinajstić information content (AvgIpc) is 2.37. The Kier molecular flexibility index (Phi) is 5.25. The Morgan fingerprint density at radius 2 is 1.55 bits per heavy atom. The highest BCUT2D eigenvalue weighted by Crippen LogP contribution is 2.37. The summed E-state index contributed by atoms with van der Waals surface area (Å²) >= 11 is 0. The Balaban J connectivity index is 2.81. The molecule has 0 aromatic heterocycles. The van der Waals surface area contributed by atoms with Gasteiger partial charge in [0, 0.05) is 5.56 Å². The van der Waals surface area contributed by atoms with Crippen molar-refractivity contribution in [1.82, 2.24) is 0 Å². The van der Waals surface area contributed by atoms with E-state index in [1.165, 1.54) is 12.1 Å². The Hall–Kier alpha value is -1.46. The van der Waals surface area contributed by atoms with Gasteiger partial charge in [-0.3, -0.25) is 4.79 Å². The molecule has 0 aliphatic rings. The smallest absolute Gasteiger partial charge is 0.287 e. The Labute approximate surface area is 113 Å². The number of hydrogen-bond acceptors (Lipinski definition) is 1. The van der Waals surface area contributed by atoms with E-state index in [1.54, 1.807) is 0 Å². The summed E-state index contributed by atoms with van der Waals surface area (Å²) in [6, 6.07) is 4.86. The number of aryl methyl sites for hydroxylation is 1. The number of unbranched alkanes of at least 4 members (excludes halogenated alkanes) is 2. The highest BCUT2D eigenvalue weighted by atomic mass is 19.4. The van der Waals surface area contributed by atoms with E-state index >= 15 is 0 Å². The van der Waals surface area contributed by atoms with E-state index in [1.807, 2.05) is 6.92 Å².